The maximum absolute atomic E-state index is 13.5. The molecule has 1 nitrogen and oxygen atoms in total. The van der Waals surface area contributed by atoms with Crippen molar-refractivity contribution < 1.29 is 8.78 Å². The standard InChI is InChI=1S/C13H11F2NS/c14-10-5-3-6-12(16)9(10)8-17-13-7-2-1-4-11(13)15/h1-7H,8,16H2. The van der Waals surface area contributed by atoms with E-state index in [0.29, 0.717) is 21.9 Å². The normalized spacial score (nSPS) is 10.5. The summed E-state index contributed by atoms with van der Waals surface area (Å²) in [6.07, 6.45) is 0. The van der Waals surface area contributed by atoms with Crippen molar-refractivity contribution in [3.05, 3.63) is 59.7 Å². The number of nitrogen functional groups attached to an aromatic ring is 1. The van der Waals surface area contributed by atoms with Crippen molar-refractivity contribution in [2.24, 2.45) is 0 Å². The van der Waals surface area contributed by atoms with Gasteiger partial charge in [0.1, 0.15) is 11.6 Å². The van der Waals surface area contributed by atoms with Crippen molar-refractivity contribution in [1.29, 1.82) is 0 Å². The summed E-state index contributed by atoms with van der Waals surface area (Å²) in [6, 6.07) is 11.0. The monoisotopic (exact) mass is 251 g/mol. The van der Waals surface area contributed by atoms with Gasteiger partial charge in [-0.15, -0.1) is 11.8 Å². The van der Waals surface area contributed by atoms with Crippen molar-refractivity contribution in [1.82, 2.24) is 0 Å². The van der Waals surface area contributed by atoms with E-state index < -0.39 is 0 Å². The molecule has 0 spiro atoms. The summed E-state index contributed by atoms with van der Waals surface area (Å²) in [4.78, 5) is 0.496. The van der Waals surface area contributed by atoms with Crippen LogP contribution in [0, 0.1) is 11.6 Å². The van der Waals surface area contributed by atoms with E-state index in [4.69, 9.17) is 5.73 Å². The first kappa shape index (κ1) is 11.9. The average Bonchev–Trinajstić information content (AvgIpc) is 2.30. The highest BCUT2D eigenvalue weighted by Crippen LogP contribution is 2.28. The number of thioether (sulfide) groups is 1. The Morgan fingerprint density at radius 3 is 2.35 bits per heavy atom. The Balaban J connectivity index is 2.16. The van der Waals surface area contributed by atoms with Crippen molar-refractivity contribution in [3.63, 3.8) is 0 Å². The number of anilines is 1. The molecule has 2 rings (SSSR count). The van der Waals surface area contributed by atoms with Crippen LogP contribution in [0.15, 0.2) is 47.4 Å². The van der Waals surface area contributed by atoms with E-state index in [1.165, 1.54) is 23.9 Å². The molecule has 0 amide bonds. The molecule has 0 fully saturated rings. The fourth-order valence-electron chi connectivity index (χ4n) is 1.44. The summed E-state index contributed by atoms with van der Waals surface area (Å²) >= 11 is 1.23. The first-order valence-electron chi connectivity index (χ1n) is 5.08. The van der Waals surface area contributed by atoms with Gasteiger partial charge in [0.25, 0.3) is 0 Å². The number of nitrogens with two attached hydrogens (primary N) is 1. The van der Waals surface area contributed by atoms with Crippen LogP contribution in [0.2, 0.25) is 0 Å². The van der Waals surface area contributed by atoms with E-state index in [9.17, 15) is 8.78 Å². The lowest BCUT2D eigenvalue weighted by atomic mass is 10.2. The fourth-order valence-corrected chi connectivity index (χ4v) is 2.42. The Morgan fingerprint density at radius 1 is 0.941 bits per heavy atom. The third kappa shape index (κ3) is 2.77. The first-order valence-corrected chi connectivity index (χ1v) is 6.07. The average molecular weight is 251 g/mol. The smallest absolute Gasteiger partial charge is 0.136 e. The highest BCUT2D eigenvalue weighted by atomic mass is 32.2. The first-order chi connectivity index (χ1) is 8.18. The predicted molar refractivity (Wildman–Crippen MR) is 66.8 cm³/mol. The van der Waals surface area contributed by atoms with Gasteiger partial charge in [-0.3, -0.25) is 0 Å². The van der Waals surface area contributed by atoms with Crippen molar-refractivity contribution in [2.75, 3.05) is 5.73 Å². The molecule has 0 aliphatic rings. The van der Waals surface area contributed by atoms with E-state index in [2.05, 4.69) is 0 Å². The van der Waals surface area contributed by atoms with Crippen LogP contribution in [0.4, 0.5) is 14.5 Å². The molecule has 4 heteroatoms. The molecule has 88 valence electrons. The molecule has 0 aliphatic heterocycles. The highest BCUT2D eigenvalue weighted by molar-refractivity contribution is 7.98. The van der Waals surface area contributed by atoms with E-state index in [1.54, 1.807) is 30.3 Å². The summed E-state index contributed by atoms with van der Waals surface area (Å²) in [5, 5.41) is 0. The molecule has 2 N–H and O–H groups in total. The van der Waals surface area contributed by atoms with E-state index >= 15 is 0 Å². The molecule has 0 saturated carbocycles. The molecule has 0 heterocycles. The van der Waals surface area contributed by atoms with Crippen LogP contribution in [0.5, 0.6) is 0 Å². The van der Waals surface area contributed by atoms with Gasteiger partial charge in [0, 0.05) is 21.9 Å². The lowest BCUT2D eigenvalue weighted by molar-refractivity contribution is 0.601. The molecule has 0 atom stereocenters. The van der Waals surface area contributed by atoms with Gasteiger partial charge < -0.3 is 5.73 Å². The van der Waals surface area contributed by atoms with Crippen molar-refractivity contribution in [2.45, 2.75) is 10.6 Å². The van der Waals surface area contributed by atoms with Gasteiger partial charge in [-0.05, 0) is 24.3 Å². The van der Waals surface area contributed by atoms with Crippen LogP contribution < -0.4 is 5.73 Å². The predicted octanol–water partition coefficient (Wildman–Crippen LogP) is 3.84. The van der Waals surface area contributed by atoms with Crippen molar-refractivity contribution in [3.8, 4) is 0 Å². The summed E-state index contributed by atoms with van der Waals surface area (Å²) < 4.78 is 26.8. The van der Waals surface area contributed by atoms with E-state index in [-0.39, 0.29) is 11.6 Å². The van der Waals surface area contributed by atoms with Crippen LogP contribution in [0.3, 0.4) is 0 Å². The number of rotatable bonds is 3. The molecular weight excluding hydrogens is 240 g/mol. The zero-order valence-corrected chi connectivity index (χ0v) is 9.81. The zero-order chi connectivity index (χ0) is 12.3. The Kier molecular flexibility index (Phi) is 3.64. The number of hydrogen-bond donors (Lipinski definition) is 1. The van der Waals surface area contributed by atoms with Gasteiger partial charge in [0.05, 0.1) is 0 Å². The van der Waals surface area contributed by atoms with Gasteiger partial charge in [0.2, 0.25) is 0 Å². The molecule has 0 radical (unpaired) electrons. The molecule has 0 aromatic heterocycles. The minimum atomic E-state index is -0.353. The Bertz CT molecular complexity index is 508. The second-order valence-corrected chi connectivity index (χ2v) is 4.54. The van der Waals surface area contributed by atoms with Gasteiger partial charge in [-0.2, -0.15) is 0 Å². The Labute approximate surface area is 103 Å². The summed E-state index contributed by atoms with van der Waals surface area (Å²) in [7, 11) is 0. The van der Waals surface area contributed by atoms with Crippen LogP contribution in [0.25, 0.3) is 0 Å². The third-order valence-corrected chi connectivity index (χ3v) is 3.44. The summed E-state index contributed by atoms with van der Waals surface area (Å²) in [5.41, 5.74) is 6.49. The molecule has 0 saturated heterocycles. The second-order valence-electron chi connectivity index (χ2n) is 3.53. The minimum absolute atomic E-state index is 0.299. The van der Waals surface area contributed by atoms with Crippen LogP contribution >= 0.6 is 11.8 Å². The number of benzene rings is 2. The second kappa shape index (κ2) is 5.19. The van der Waals surface area contributed by atoms with Gasteiger partial charge in [0.15, 0.2) is 0 Å². The lowest BCUT2D eigenvalue weighted by Crippen LogP contribution is -1.96. The van der Waals surface area contributed by atoms with E-state index in [0.717, 1.165) is 0 Å². The summed E-state index contributed by atoms with van der Waals surface area (Å²) in [6.45, 7) is 0. The lowest BCUT2D eigenvalue weighted by Gasteiger charge is -2.07. The maximum Gasteiger partial charge on any atom is 0.136 e. The number of halogens is 2. The largest absolute Gasteiger partial charge is 0.398 e. The minimum Gasteiger partial charge on any atom is -0.398 e. The molecular formula is C13H11F2NS. The van der Waals surface area contributed by atoms with Gasteiger partial charge in [-0.25, -0.2) is 8.78 Å². The Hall–Kier alpha value is -1.55. The summed E-state index contributed by atoms with van der Waals surface area (Å²) in [5.74, 6) is -0.333. The topological polar surface area (TPSA) is 26.0 Å². The molecule has 0 aliphatic carbocycles. The Morgan fingerprint density at radius 2 is 1.65 bits per heavy atom. The highest BCUT2D eigenvalue weighted by Gasteiger charge is 2.08. The third-order valence-electron chi connectivity index (χ3n) is 2.36. The van der Waals surface area contributed by atoms with Gasteiger partial charge >= 0.3 is 0 Å². The van der Waals surface area contributed by atoms with Gasteiger partial charge in [-0.1, -0.05) is 18.2 Å². The fraction of sp³-hybridized carbons (Fsp3) is 0.0769. The van der Waals surface area contributed by atoms with Crippen LogP contribution in [-0.4, -0.2) is 0 Å². The maximum atomic E-state index is 13.5. The van der Waals surface area contributed by atoms with Crippen LogP contribution in [-0.2, 0) is 5.75 Å². The zero-order valence-electron chi connectivity index (χ0n) is 8.99. The van der Waals surface area contributed by atoms with Crippen molar-refractivity contribution >= 4 is 17.4 Å². The molecule has 0 unspecified atom stereocenters. The molecule has 17 heavy (non-hydrogen) atoms. The number of hydrogen-bond acceptors (Lipinski definition) is 2. The molecule has 2 aromatic rings. The van der Waals surface area contributed by atoms with E-state index in [1.807, 2.05) is 0 Å². The van der Waals surface area contributed by atoms with Crippen LogP contribution in [0.1, 0.15) is 5.56 Å². The molecule has 2 aromatic carbocycles. The quantitative estimate of drug-likeness (QED) is 0.662. The SMILES string of the molecule is Nc1cccc(F)c1CSc1ccccc1F. The molecule has 0 bridgehead atoms.